The zero-order chi connectivity index (χ0) is 58.2. The molecular weight excluding hydrogens is 1070 g/mol. The molecular formula is C48H80N16O11S3. The van der Waals surface area contributed by atoms with Crippen molar-refractivity contribution in [2.24, 2.45) is 44.6 Å². The van der Waals surface area contributed by atoms with Crippen LogP contribution in [-0.4, -0.2) is 168 Å². The second-order valence-corrected chi connectivity index (χ2v) is 22.2. The van der Waals surface area contributed by atoms with E-state index in [1.807, 2.05) is 13.8 Å². The number of hydrogen-bond donors (Lipinski definition) is 15. The van der Waals surface area contributed by atoms with Gasteiger partial charge in [0.15, 0.2) is 11.9 Å². The molecule has 0 aromatic heterocycles. The van der Waals surface area contributed by atoms with Gasteiger partial charge in [-0.2, -0.15) is 11.8 Å². The summed E-state index contributed by atoms with van der Waals surface area (Å²) in [7, 11) is 2.21. The molecule has 1 aliphatic heterocycles. The quantitative estimate of drug-likeness (QED) is 0.0300. The number of nitrogens with zero attached hydrogens (tertiary/aromatic N) is 2. The van der Waals surface area contributed by atoms with E-state index >= 15 is 0 Å². The summed E-state index contributed by atoms with van der Waals surface area (Å²) in [5.74, 6) is -7.09. The zero-order valence-electron chi connectivity index (χ0n) is 44.7. The van der Waals surface area contributed by atoms with Crippen LogP contribution in [0.25, 0.3) is 0 Å². The number of unbranched alkanes of at least 4 members (excludes halogenated alkanes) is 1. The summed E-state index contributed by atoms with van der Waals surface area (Å²) in [6, 6.07) is -2.47. The summed E-state index contributed by atoms with van der Waals surface area (Å²) in [4.78, 5) is 143. The second-order valence-electron chi connectivity index (χ2n) is 18.7. The Labute approximate surface area is 466 Å². The maximum absolute atomic E-state index is 14.1. The molecule has 30 heteroatoms. The van der Waals surface area contributed by atoms with E-state index in [1.165, 1.54) is 30.8 Å². The SMILES string of the molecule is CSCCC1NC(=O)C(NC(=O)CCCCN=C(N)N)CSSCC(C(N)=O)NC(=O)CCCCNC(=O)C(Cc2ccc(O)cc2)NC(=O)C(C)NC(=O)C(CCCN=C(N)N)NC(=O)CNC(=O)C(CC(C)C)NC1=O. The number of amides is 10. The number of nitrogens with two attached hydrogens (primary N) is 5. The average Bonchev–Trinajstić information content (AvgIpc) is 3.37. The Bertz CT molecular complexity index is 2220. The Morgan fingerprint density at radius 1 is 0.692 bits per heavy atom. The highest BCUT2D eigenvalue weighted by Crippen LogP contribution is 2.24. The van der Waals surface area contributed by atoms with Crippen molar-refractivity contribution in [1.29, 1.82) is 0 Å². The third kappa shape index (κ3) is 28.6. The molecule has 0 saturated carbocycles. The maximum Gasteiger partial charge on any atom is 0.244 e. The first-order valence-electron chi connectivity index (χ1n) is 25.6. The van der Waals surface area contributed by atoms with Crippen molar-refractivity contribution in [3.05, 3.63) is 29.8 Å². The molecule has 27 nitrogen and oxygen atoms in total. The predicted octanol–water partition coefficient (Wildman–Crippen LogP) is -3.07. The lowest BCUT2D eigenvalue weighted by Gasteiger charge is -2.26. The molecule has 1 aliphatic rings. The lowest BCUT2D eigenvalue weighted by molar-refractivity contribution is -0.134. The summed E-state index contributed by atoms with van der Waals surface area (Å²) >= 11 is 1.40. The van der Waals surface area contributed by atoms with Crippen LogP contribution in [0.1, 0.15) is 90.5 Å². The first-order chi connectivity index (χ1) is 37.0. The normalized spacial score (nSPS) is 22.7. The molecule has 1 heterocycles. The van der Waals surface area contributed by atoms with Crippen LogP contribution in [-0.2, 0) is 54.4 Å². The minimum atomic E-state index is -1.28. The Morgan fingerprint density at radius 3 is 1.94 bits per heavy atom. The number of thioether (sulfide) groups is 1. The van der Waals surface area contributed by atoms with E-state index in [0.29, 0.717) is 30.6 Å². The number of carbonyl (C=O) groups is 10. The van der Waals surface area contributed by atoms with Gasteiger partial charge in [0.05, 0.1) is 6.54 Å². The molecule has 1 saturated heterocycles. The Kier molecular flexibility index (Phi) is 32.1. The number of carbonyl (C=O) groups excluding carboxylic acids is 10. The summed E-state index contributed by atoms with van der Waals surface area (Å²) in [5, 5.41) is 33.7. The monoisotopic (exact) mass is 1150 g/mol. The van der Waals surface area contributed by atoms with Crippen molar-refractivity contribution in [3.8, 4) is 5.75 Å². The number of aromatic hydroxyl groups is 1. The summed E-state index contributed by atoms with van der Waals surface area (Å²) < 4.78 is 0. The Morgan fingerprint density at radius 2 is 1.29 bits per heavy atom. The molecule has 0 radical (unpaired) electrons. The predicted molar refractivity (Wildman–Crippen MR) is 302 cm³/mol. The molecule has 1 aromatic rings. The third-order valence-electron chi connectivity index (χ3n) is 11.5. The summed E-state index contributed by atoms with van der Waals surface area (Å²) in [6.45, 7) is 4.79. The van der Waals surface area contributed by atoms with Crippen LogP contribution >= 0.6 is 33.3 Å². The number of nitrogens with one attached hydrogen (secondary N) is 9. The van der Waals surface area contributed by atoms with Crippen LogP contribution in [0.2, 0.25) is 0 Å². The molecule has 10 amide bonds. The lowest BCUT2D eigenvalue weighted by atomic mass is 10.0. The highest BCUT2D eigenvalue weighted by molar-refractivity contribution is 8.76. The zero-order valence-corrected chi connectivity index (χ0v) is 47.1. The molecule has 1 fully saturated rings. The smallest absolute Gasteiger partial charge is 0.244 e. The van der Waals surface area contributed by atoms with Gasteiger partial charge in [-0.05, 0) is 93.9 Å². The maximum atomic E-state index is 14.1. The first-order valence-corrected chi connectivity index (χ1v) is 29.4. The van der Waals surface area contributed by atoms with Gasteiger partial charge in [-0.1, -0.05) is 47.6 Å². The Balaban J connectivity index is 2.51. The van der Waals surface area contributed by atoms with Gasteiger partial charge in [0.1, 0.15) is 48.0 Å². The number of guanidine groups is 2. The lowest BCUT2D eigenvalue weighted by Crippen LogP contribution is -2.58. The van der Waals surface area contributed by atoms with Crippen molar-refractivity contribution in [2.75, 3.05) is 49.7 Å². The van der Waals surface area contributed by atoms with Crippen molar-refractivity contribution < 1.29 is 53.1 Å². The molecule has 0 spiro atoms. The van der Waals surface area contributed by atoms with E-state index < -0.39 is 108 Å². The van der Waals surface area contributed by atoms with E-state index in [1.54, 1.807) is 18.4 Å². The van der Waals surface area contributed by atoms with Gasteiger partial charge in [-0.3, -0.25) is 57.9 Å². The third-order valence-corrected chi connectivity index (χ3v) is 14.6. The van der Waals surface area contributed by atoms with E-state index in [-0.39, 0.29) is 106 Å². The fraction of sp³-hybridized carbons (Fsp3) is 0.625. The minimum absolute atomic E-state index is 0.0103. The average molecular weight is 1150 g/mol. The van der Waals surface area contributed by atoms with Crippen LogP contribution < -0.4 is 76.5 Å². The van der Waals surface area contributed by atoms with Crippen molar-refractivity contribution in [1.82, 2.24) is 47.9 Å². The topological polar surface area (TPSA) is 454 Å². The minimum Gasteiger partial charge on any atom is -0.508 e. The van der Waals surface area contributed by atoms with Gasteiger partial charge in [0.2, 0.25) is 59.1 Å². The number of phenols is 1. The van der Waals surface area contributed by atoms with E-state index in [0.717, 1.165) is 21.6 Å². The molecule has 0 bridgehead atoms. The van der Waals surface area contributed by atoms with Gasteiger partial charge < -0.3 is 81.6 Å². The first kappa shape index (κ1) is 67.4. The molecule has 2 rings (SSSR count). The van der Waals surface area contributed by atoms with Gasteiger partial charge in [0.25, 0.3) is 0 Å². The van der Waals surface area contributed by atoms with Gasteiger partial charge >= 0.3 is 0 Å². The highest BCUT2D eigenvalue weighted by Gasteiger charge is 2.32. The van der Waals surface area contributed by atoms with Crippen molar-refractivity contribution in [2.45, 2.75) is 134 Å². The van der Waals surface area contributed by atoms with E-state index in [2.05, 4.69) is 57.8 Å². The van der Waals surface area contributed by atoms with Crippen molar-refractivity contribution >= 4 is 104 Å². The summed E-state index contributed by atoms with van der Waals surface area (Å²) in [6.07, 6.45) is 3.57. The molecule has 436 valence electrons. The number of rotatable bonds is 18. The highest BCUT2D eigenvalue weighted by atomic mass is 33.1. The molecule has 7 unspecified atom stereocenters. The molecule has 7 atom stereocenters. The van der Waals surface area contributed by atoms with Crippen molar-refractivity contribution in [3.63, 3.8) is 0 Å². The second kappa shape index (κ2) is 37.2. The number of hydrogen-bond acceptors (Lipinski definition) is 16. The van der Waals surface area contributed by atoms with Crippen LogP contribution in [0, 0.1) is 5.92 Å². The number of phenolic OH excluding ortho intramolecular Hbond substituents is 1. The molecule has 1 aromatic carbocycles. The molecule has 20 N–H and O–H groups in total. The largest absolute Gasteiger partial charge is 0.508 e. The van der Waals surface area contributed by atoms with E-state index in [4.69, 9.17) is 28.7 Å². The fourth-order valence-electron chi connectivity index (χ4n) is 7.31. The van der Waals surface area contributed by atoms with Crippen LogP contribution in [0.5, 0.6) is 5.75 Å². The summed E-state index contributed by atoms with van der Waals surface area (Å²) in [5.41, 5.74) is 28.0. The molecule has 0 aliphatic carbocycles. The van der Waals surface area contributed by atoms with Gasteiger partial charge in [0, 0.05) is 50.4 Å². The number of primary amides is 1. The fourth-order valence-corrected chi connectivity index (χ4v) is 10.1. The van der Waals surface area contributed by atoms with Crippen LogP contribution in [0.15, 0.2) is 34.3 Å². The number of aliphatic imine (C=N–C) groups is 2. The molecule has 78 heavy (non-hydrogen) atoms. The van der Waals surface area contributed by atoms with Crippen LogP contribution in [0.3, 0.4) is 0 Å². The van der Waals surface area contributed by atoms with Gasteiger partial charge in [-0.15, -0.1) is 0 Å². The van der Waals surface area contributed by atoms with Crippen LogP contribution in [0.4, 0.5) is 0 Å². The number of benzene rings is 1. The van der Waals surface area contributed by atoms with E-state index in [9.17, 15) is 53.1 Å². The van der Waals surface area contributed by atoms with Gasteiger partial charge in [-0.25, -0.2) is 0 Å². The Hall–Kier alpha value is -6.69. The standard InChI is InChI=1S/C48H80N16O11S3/c1-27(2)22-33-43(72)57-24-39(68)59-31(10-9-20-56-48(52)53)44(73)58-28(3)41(70)63-34(23-29-13-15-30(65)16-14-29)42(71)54-18-7-5-11-37(66)60-35(40(49)69)25-77-78-26-36(61-38(67)12-6-8-19-55-47(50)51)46(75)62-32(17-21-76-4)45(74)64-33/h13-16,27-28,31-36,65H,5-12,17-26H2,1-4H3,(H2,49,69)(H,54,71)(H,57,72)(H,58,73)(H,59,68)(H,60,66)(H,61,67)(H,62,75)(H,63,70)(H,64,74)(H4,50,51,55)(H4,52,53,56).